The van der Waals surface area contributed by atoms with E-state index in [1.807, 2.05) is 4.90 Å². The van der Waals surface area contributed by atoms with Crippen LogP contribution >= 0.6 is 11.6 Å². The van der Waals surface area contributed by atoms with Gasteiger partial charge in [0, 0.05) is 37.6 Å². The largest absolute Gasteiger partial charge is 0.495 e. The molecule has 0 aliphatic carbocycles. The lowest BCUT2D eigenvalue weighted by Crippen LogP contribution is -2.48. The second-order valence-corrected chi connectivity index (χ2v) is 7.66. The molecule has 2 fully saturated rings. The zero-order valence-corrected chi connectivity index (χ0v) is 17.0. The lowest BCUT2D eigenvalue weighted by Gasteiger charge is -2.36. The highest BCUT2D eigenvalue weighted by Gasteiger charge is 2.30. The van der Waals surface area contributed by atoms with Crippen molar-refractivity contribution in [1.82, 2.24) is 9.80 Å². The number of hydrogen-bond donors (Lipinski definition) is 1. The van der Waals surface area contributed by atoms with Gasteiger partial charge in [-0.15, -0.1) is 0 Å². The molecular formula is C20H28ClN3O4. The maximum Gasteiger partial charge on any atom is 0.227 e. The molecule has 0 radical (unpaired) electrons. The summed E-state index contributed by atoms with van der Waals surface area (Å²) in [6.45, 7) is 4.86. The van der Waals surface area contributed by atoms with Crippen molar-refractivity contribution in [1.29, 1.82) is 0 Å². The van der Waals surface area contributed by atoms with Crippen LogP contribution in [-0.2, 0) is 14.3 Å². The fraction of sp³-hybridized carbons (Fsp3) is 0.600. The third kappa shape index (κ3) is 5.59. The predicted octanol–water partition coefficient (Wildman–Crippen LogP) is 2.25. The Morgan fingerprint density at radius 2 is 2.07 bits per heavy atom. The number of methoxy groups -OCH3 is 1. The molecule has 1 atom stereocenters. The average molecular weight is 410 g/mol. The minimum atomic E-state index is -0.0952. The number of likely N-dealkylation sites (tertiary alicyclic amines) is 1. The maximum absolute atomic E-state index is 12.7. The van der Waals surface area contributed by atoms with Gasteiger partial charge in [-0.2, -0.15) is 0 Å². The number of piperidine rings is 1. The molecule has 7 nitrogen and oxygen atoms in total. The van der Waals surface area contributed by atoms with Crippen molar-refractivity contribution in [2.75, 3.05) is 58.4 Å². The van der Waals surface area contributed by atoms with Crippen molar-refractivity contribution < 1.29 is 19.1 Å². The van der Waals surface area contributed by atoms with E-state index in [0.29, 0.717) is 62.3 Å². The van der Waals surface area contributed by atoms with Crippen LogP contribution in [0, 0.1) is 5.92 Å². The molecule has 3 rings (SSSR count). The number of nitrogens with zero attached hydrogens (tertiary/aromatic N) is 2. The molecule has 1 aromatic carbocycles. The summed E-state index contributed by atoms with van der Waals surface area (Å²) in [6.07, 6.45) is 2.25. The summed E-state index contributed by atoms with van der Waals surface area (Å²) in [6, 6.07) is 5.12. The molecule has 8 heteroatoms. The Balaban J connectivity index is 1.48. The number of morpholine rings is 1. The SMILES string of the molecule is COc1ccc(Cl)cc1NC(=O)CCN1CCCC(C(=O)N2CCOCC2)C1. The summed E-state index contributed by atoms with van der Waals surface area (Å²) in [4.78, 5) is 29.2. The third-order valence-corrected chi connectivity index (χ3v) is 5.50. The number of halogens is 1. The van der Waals surface area contributed by atoms with Crippen LogP contribution in [0.15, 0.2) is 18.2 Å². The van der Waals surface area contributed by atoms with Gasteiger partial charge < -0.3 is 24.6 Å². The van der Waals surface area contributed by atoms with Crippen molar-refractivity contribution in [2.45, 2.75) is 19.3 Å². The van der Waals surface area contributed by atoms with E-state index < -0.39 is 0 Å². The summed E-state index contributed by atoms with van der Waals surface area (Å²) in [7, 11) is 1.55. The molecule has 154 valence electrons. The number of anilines is 1. The first-order valence-corrected chi connectivity index (χ1v) is 10.2. The van der Waals surface area contributed by atoms with Gasteiger partial charge in [0.15, 0.2) is 0 Å². The molecule has 0 spiro atoms. The summed E-state index contributed by atoms with van der Waals surface area (Å²) in [5.74, 6) is 0.721. The van der Waals surface area contributed by atoms with Crippen molar-refractivity contribution in [3.8, 4) is 5.75 Å². The van der Waals surface area contributed by atoms with Gasteiger partial charge in [-0.25, -0.2) is 0 Å². The van der Waals surface area contributed by atoms with E-state index in [1.165, 1.54) is 0 Å². The number of hydrogen-bond acceptors (Lipinski definition) is 5. The van der Waals surface area contributed by atoms with Crippen LogP contribution in [0.3, 0.4) is 0 Å². The Morgan fingerprint density at radius 3 is 2.82 bits per heavy atom. The van der Waals surface area contributed by atoms with Crippen molar-refractivity contribution in [2.24, 2.45) is 5.92 Å². The maximum atomic E-state index is 12.7. The van der Waals surface area contributed by atoms with Gasteiger partial charge in [0.1, 0.15) is 5.75 Å². The van der Waals surface area contributed by atoms with Crippen LogP contribution in [0.2, 0.25) is 5.02 Å². The third-order valence-electron chi connectivity index (χ3n) is 5.27. The fourth-order valence-corrected chi connectivity index (χ4v) is 3.92. The van der Waals surface area contributed by atoms with Gasteiger partial charge in [-0.3, -0.25) is 9.59 Å². The van der Waals surface area contributed by atoms with E-state index in [9.17, 15) is 9.59 Å². The standard InChI is InChI=1S/C20H28ClN3O4/c1-27-18-5-4-16(21)13-17(18)22-19(25)6-8-23-7-2-3-15(14-23)20(26)24-9-11-28-12-10-24/h4-5,13,15H,2-3,6-12,14H2,1H3,(H,22,25). The lowest BCUT2D eigenvalue weighted by atomic mass is 9.96. The second kappa shape index (κ2) is 10.1. The van der Waals surface area contributed by atoms with E-state index in [4.69, 9.17) is 21.1 Å². The highest BCUT2D eigenvalue weighted by atomic mass is 35.5. The number of carbonyl (C=O) groups excluding carboxylic acids is 2. The zero-order valence-electron chi connectivity index (χ0n) is 16.3. The van der Waals surface area contributed by atoms with Crippen LogP contribution in [0.4, 0.5) is 5.69 Å². The summed E-state index contributed by atoms with van der Waals surface area (Å²) in [5.41, 5.74) is 0.569. The average Bonchev–Trinajstić information content (AvgIpc) is 2.73. The van der Waals surface area contributed by atoms with E-state index >= 15 is 0 Å². The Bertz CT molecular complexity index is 694. The molecule has 0 saturated carbocycles. The molecule has 1 aromatic rings. The fourth-order valence-electron chi connectivity index (χ4n) is 3.75. The van der Waals surface area contributed by atoms with Crippen LogP contribution in [0.1, 0.15) is 19.3 Å². The number of carbonyl (C=O) groups is 2. The molecule has 2 heterocycles. The molecule has 1 unspecified atom stereocenters. The highest BCUT2D eigenvalue weighted by molar-refractivity contribution is 6.31. The first kappa shape index (κ1) is 20.9. The first-order chi connectivity index (χ1) is 13.6. The van der Waals surface area contributed by atoms with Gasteiger partial charge in [0.2, 0.25) is 11.8 Å². The summed E-state index contributed by atoms with van der Waals surface area (Å²) >= 11 is 6.01. The number of rotatable bonds is 6. The van der Waals surface area contributed by atoms with Gasteiger partial charge >= 0.3 is 0 Å². The van der Waals surface area contributed by atoms with E-state index in [-0.39, 0.29) is 17.7 Å². The van der Waals surface area contributed by atoms with Crippen LogP contribution < -0.4 is 10.1 Å². The minimum absolute atomic E-state index is 0.0166. The molecule has 2 amide bonds. The summed E-state index contributed by atoms with van der Waals surface area (Å²) in [5, 5.41) is 3.40. The predicted molar refractivity (Wildman–Crippen MR) is 108 cm³/mol. The molecule has 0 bridgehead atoms. The molecule has 2 aliphatic heterocycles. The van der Waals surface area contributed by atoms with Crippen molar-refractivity contribution in [3.05, 3.63) is 23.2 Å². The Morgan fingerprint density at radius 1 is 1.29 bits per heavy atom. The number of ether oxygens (including phenoxy) is 2. The van der Waals surface area contributed by atoms with Crippen molar-refractivity contribution >= 4 is 29.1 Å². The van der Waals surface area contributed by atoms with Crippen LogP contribution in [-0.4, -0.2) is 74.7 Å². The van der Waals surface area contributed by atoms with Gasteiger partial charge in [0.05, 0.1) is 31.9 Å². The van der Waals surface area contributed by atoms with E-state index in [0.717, 1.165) is 19.4 Å². The molecular weight excluding hydrogens is 382 g/mol. The van der Waals surface area contributed by atoms with Crippen LogP contribution in [0.5, 0.6) is 5.75 Å². The topological polar surface area (TPSA) is 71.1 Å². The number of benzene rings is 1. The van der Waals surface area contributed by atoms with Gasteiger partial charge in [-0.1, -0.05) is 11.6 Å². The Labute approximate surface area is 170 Å². The molecule has 1 N–H and O–H groups in total. The molecule has 28 heavy (non-hydrogen) atoms. The minimum Gasteiger partial charge on any atom is -0.495 e. The molecule has 2 aliphatic rings. The second-order valence-electron chi connectivity index (χ2n) is 7.22. The monoisotopic (exact) mass is 409 g/mol. The van der Waals surface area contributed by atoms with Gasteiger partial charge in [-0.05, 0) is 37.6 Å². The lowest BCUT2D eigenvalue weighted by molar-refractivity contribution is -0.141. The number of nitrogens with one attached hydrogen (secondary N) is 1. The van der Waals surface area contributed by atoms with E-state index in [1.54, 1.807) is 25.3 Å². The smallest absolute Gasteiger partial charge is 0.227 e. The van der Waals surface area contributed by atoms with Gasteiger partial charge in [0.25, 0.3) is 0 Å². The zero-order chi connectivity index (χ0) is 19.9. The molecule has 2 saturated heterocycles. The summed E-state index contributed by atoms with van der Waals surface area (Å²) < 4.78 is 10.6. The van der Waals surface area contributed by atoms with E-state index in [2.05, 4.69) is 10.2 Å². The van der Waals surface area contributed by atoms with Crippen LogP contribution in [0.25, 0.3) is 0 Å². The molecule has 0 aromatic heterocycles. The Kier molecular flexibility index (Phi) is 7.53. The number of amides is 2. The Hall–Kier alpha value is -1.83. The quantitative estimate of drug-likeness (QED) is 0.780. The normalized spacial score (nSPS) is 20.6. The van der Waals surface area contributed by atoms with Crippen molar-refractivity contribution in [3.63, 3.8) is 0 Å². The highest BCUT2D eigenvalue weighted by Crippen LogP contribution is 2.28. The first-order valence-electron chi connectivity index (χ1n) is 9.79.